The van der Waals surface area contributed by atoms with E-state index in [-0.39, 0.29) is 0 Å². The normalized spacial score (nSPS) is 10.9. The number of methoxy groups -OCH3 is 2. The van der Waals surface area contributed by atoms with Crippen LogP contribution in [0, 0.1) is 0 Å². The van der Waals surface area contributed by atoms with E-state index in [1.807, 2.05) is 89.7 Å². The van der Waals surface area contributed by atoms with Gasteiger partial charge in [-0.25, -0.2) is 4.68 Å². The SMILES string of the molecule is COc1ccc(-c2nnc(SCc3cn(-c4ccccc4)nc3-c3ccc(OC)cc3)o2)cc1. The second-order valence-corrected chi connectivity index (χ2v) is 8.33. The van der Waals surface area contributed by atoms with Gasteiger partial charge in [0.05, 0.1) is 25.6 Å². The molecule has 0 amide bonds. The number of benzene rings is 3. The zero-order valence-electron chi connectivity index (χ0n) is 18.7. The van der Waals surface area contributed by atoms with E-state index in [1.165, 1.54) is 11.8 Å². The number of para-hydroxylation sites is 1. The van der Waals surface area contributed by atoms with Crippen molar-refractivity contribution in [1.82, 2.24) is 20.0 Å². The van der Waals surface area contributed by atoms with Crippen LogP contribution in [0.1, 0.15) is 5.56 Å². The largest absolute Gasteiger partial charge is 0.497 e. The fourth-order valence-corrected chi connectivity index (χ4v) is 4.20. The second kappa shape index (κ2) is 9.84. The Balaban J connectivity index is 1.40. The van der Waals surface area contributed by atoms with Crippen molar-refractivity contribution in [2.24, 2.45) is 0 Å². The zero-order valence-corrected chi connectivity index (χ0v) is 19.5. The molecular weight excluding hydrogens is 448 g/mol. The molecule has 5 aromatic rings. The van der Waals surface area contributed by atoms with Gasteiger partial charge in [0.2, 0.25) is 5.89 Å². The molecule has 8 heteroatoms. The highest BCUT2D eigenvalue weighted by atomic mass is 32.2. The molecule has 34 heavy (non-hydrogen) atoms. The van der Waals surface area contributed by atoms with Crippen molar-refractivity contribution in [1.29, 1.82) is 0 Å². The lowest BCUT2D eigenvalue weighted by molar-refractivity contribution is 0.414. The molecule has 0 aliphatic carbocycles. The molecular formula is C26H22N4O3S. The molecule has 3 aromatic carbocycles. The molecule has 0 radical (unpaired) electrons. The van der Waals surface area contributed by atoms with Crippen LogP contribution in [0.5, 0.6) is 11.5 Å². The minimum atomic E-state index is 0.473. The smallest absolute Gasteiger partial charge is 0.277 e. The summed E-state index contributed by atoms with van der Waals surface area (Å²) in [4.78, 5) is 0. The van der Waals surface area contributed by atoms with Gasteiger partial charge in [-0.1, -0.05) is 30.0 Å². The van der Waals surface area contributed by atoms with Crippen molar-refractivity contribution in [2.45, 2.75) is 11.0 Å². The Labute approximate surface area is 201 Å². The Morgan fingerprint density at radius 3 is 2.09 bits per heavy atom. The van der Waals surface area contributed by atoms with Crippen molar-refractivity contribution in [3.05, 3.63) is 90.6 Å². The van der Waals surface area contributed by atoms with Gasteiger partial charge in [0, 0.05) is 28.6 Å². The molecule has 2 aromatic heterocycles. The molecule has 0 atom stereocenters. The molecule has 0 saturated heterocycles. The second-order valence-electron chi connectivity index (χ2n) is 7.40. The van der Waals surface area contributed by atoms with Crippen LogP contribution in [0.25, 0.3) is 28.4 Å². The van der Waals surface area contributed by atoms with Crippen LogP contribution >= 0.6 is 11.8 Å². The standard InChI is InChI=1S/C26H22N4O3S/c1-31-22-12-8-18(9-13-22)24-20(16-30(29-24)21-6-4-3-5-7-21)17-34-26-28-27-25(33-26)19-10-14-23(32-2)15-11-19/h3-16H,17H2,1-2H3. The van der Waals surface area contributed by atoms with Crippen molar-refractivity contribution in [3.63, 3.8) is 0 Å². The van der Waals surface area contributed by atoms with Gasteiger partial charge >= 0.3 is 0 Å². The van der Waals surface area contributed by atoms with Crippen molar-refractivity contribution in [3.8, 4) is 39.9 Å². The summed E-state index contributed by atoms with van der Waals surface area (Å²) in [6.45, 7) is 0. The first-order valence-electron chi connectivity index (χ1n) is 10.6. The van der Waals surface area contributed by atoms with Crippen molar-refractivity contribution in [2.75, 3.05) is 14.2 Å². The highest BCUT2D eigenvalue weighted by Gasteiger charge is 2.15. The molecule has 0 bridgehead atoms. The van der Waals surface area contributed by atoms with E-state index >= 15 is 0 Å². The monoisotopic (exact) mass is 470 g/mol. The summed E-state index contributed by atoms with van der Waals surface area (Å²) in [5.41, 5.74) is 4.80. The zero-order chi connectivity index (χ0) is 23.3. The predicted octanol–water partition coefficient (Wildman–Crippen LogP) is 5.90. The summed E-state index contributed by atoms with van der Waals surface area (Å²) in [6, 6.07) is 25.5. The van der Waals surface area contributed by atoms with E-state index in [4.69, 9.17) is 19.0 Å². The number of ether oxygens (including phenoxy) is 2. The lowest BCUT2D eigenvalue weighted by Gasteiger charge is -2.03. The molecule has 170 valence electrons. The van der Waals surface area contributed by atoms with Crippen LogP contribution in [-0.4, -0.2) is 34.2 Å². The fraction of sp³-hybridized carbons (Fsp3) is 0.115. The Morgan fingerprint density at radius 1 is 0.794 bits per heavy atom. The summed E-state index contributed by atoms with van der Waals surface area (Å²) in [7, 11) is 3.29. The molecule has 7 nitrogen and oxygen atoms in total. The number of aromatic nitrogens is 4. The van der Waals surface area contributed by atoms with Gasteiger partial charge in [0.1, 0.15) is 11.5 Å². The average molecular weight is 471 g/mol. The maximum Gasteiger partial charge on any atom is 0.277 e. The van der Waals surface area contributed by atoms with Crippen molar-refractivity contribution < 1.29 is 13.9 Å². The van der Waals surface area contributed by atoms with Crippen LogP contribution in [0.15, 0.2) is 94.7 Å². The van der Waals surface area contributed by atoms with Gasteiger partial charge in [-0.15, -0.1) is 10.2 Å². The van der Waals surface area contributed by atoms with E-state index in [2.05, 4.69) is 10.2 Å². The fourth-order valence-electron chi connectivity index (χ4n) is 3.48. The van der Waals surface area contributed by atoms with Crippen LogP contribution in [0.4, 0.5) is 0 Å². The van der Waals surface area contributed by atoms with Crippen LogP contribution < -0.4 is 9.47 Å². The Bertz CT molecular complexity index is 1360. The molecule has 0 saturated carbocycles. The molecule has 0 unspecified atom stereocenters. The van der Waals surface area contributed by atoms with Gasteiger partial charge in [-0.2, -0.15) is 5.10 Å². The van der Waals surface area contributed by atoms with Crippen LogP contribution in [0.3, 0.4) is 0 Å². The van der Waals surface area contributed by atoms with Crippen LogP contribution in [-0.2, 0) is 5.75 Å². The molecule has 0 aliphatic heterocycles. The number of nitrogens with zero attached hydrogens (tertiary/aromatic N) is 4. The molecule has 5 rings (SSSR count). The lowest BCUT2D eigenvalue weighted by Crippen LogP contribution is -1.94. The van der Waals surface area contributed by atoms with E-state index < -0.39 is 0 Å². The molecule has 0 aliphatic rings. The number of hydrogen-bond donors (Lipinski definition) is 0. The minimum Gasteiger partial charge on any atom is -0.497 e. The maximum atomic E-state index is 5.89. The highest BCUT2D eigenvalue weighted by molar-refractivity contribution is 7.98. The van der Waals surface area contributed by atoms with E-state index in [0.717, 1.165) is 39.6 Å². The first-order valence-corrected chi connectivity index (χ1v) is 11.6. The Hall–Kier alpha value is -4.04. The maximum absolute atomic E-state index is 5.89. The third kappa shape index (κ3) is 4.67. The Kier molecular flexibility index (Phi) is 6.31. The number of thioether (sulfide) groups is 1. The first-order chi connectivity index (χ1) is 16.7. The van der Waals surface area contributed by atoms with Gasteiger partial charge in [-0.05, 0) is 60.7 Å². The molecule has 0 fully saturated rings. The third-order valence-corrected chi connectivity index (χ3v) is 6.14. The third-order valence-electron chi connectivity index (χ3n) is 5.27. The molecule has 2 heterocycles. The van der Waals surface area contributed by atoms with Gasteiger partial charge < -0.3 is 13.9 Å². The molecule has 0 N–H and O–H groups in total. The first kappa shape index (κ1) is 21.8. The predicted molar refractivity (Wildman–Crippen MR) is 131 cm³/mol. The highest BCUT2D eigenvalue weighted by Crippen LogP contribution is 2.32. The van der Waals surface area contributed by atoms with E-state index in [0.29, 0.717) is 16.9 Å². The summed E-state index contributed by atoms with van der Waals surface area (Å²) in [6.07, 6.45) is 2.04. The van der Waals surface area contributed by atoms with Gasteiger partial charge in [-0.3, -0.25) is 0 Å². The summed E-state index contributed by atoms with van der Waals surface area (Å²) >= 11 is 1.48. The summed E-state index contributed by atoms with van der Waals surface area (Å²) < 4.78 is 18.3. The van der Waals surface area contributed by atoms with E-state index in [1.54, 1.807) is 14.2 Å². The average Bonchev–Trinajstić information content (AvgIpc) is 3.56. The van der Waals surface area contributed by atoms with E-state index in [9.17, 15) is 0 Å². The van der Waals surface area contributed by atoms with Crippen molar-refractivity contribution >= 4 is 11.8 Å². The van der Waals surface area contributed by atoms with Gasteiger partial charge in [0.15, 0.2) is 0 Å². The lowest BCUT2D eigenvalue weighted by atomic mass is 10.1. The quantitative estimate of drug-likeness (QED) is 0.261. The van der Waals surface area contributed by atoms with Crippen LogP contribution in [0.2, 0.25) is 0 Å². The summed E-state index contributed by atoms with van der Waals surface area (Å²) in [5, 5.41) is 13.8. The minimum absolute atomic E-state index is 0.473. The van der Waals surface area contributed by atoms with Gasteiger partial charge in [0.25, 0.3) is 5.22 Å². The topological polar surface area (TPSA) is 75.2 Å². The summed E-state index contributed by atoms with van der Waals surface area (Å²) in [5.74, 6) is 2.68. The molecule has 0 spiro atoms. The number of rotatable bonds is 8. The Morgan fingerprint density at radius 2 is 1.44 bits per heavy atom. The number of hydrogen-bond acceptors (Lipinski definition) is 7.